The highest BCUT2D eigenvalue weighted by molar-refractivity contribution is 5.69. The molecular formula is C15H22F3N3O2. The molecule has 0 amide bonds. The highest BCUT2D eigenvalue weighted by Gasteiger charge is 2.37. The minimum atomic E-state index is -4.45. The van der Waals surface area contributed by atoms with Crippen molar-refractivity contribution in [2.45, 2.75) is 45.3 Å². The van der Waals surface area contributed by atoms with Gasteiger partial charge < -0.3 is 10.0 Å². The Morgan fingerprint density at radius 1 is 1.43 bits per heavy atom. The first-order valence-corrected chi connectivity index (χ1v) is 7.71. The summed E-state index contributed by atoms with van der Waals surface area (Å²) in [5.74, 6) is -1.43. The van der Waals surface area contributed by atoms with E-state index in [0.29, 0.717) is 31.7 Å². The number of rotatable bonds is 5. The molecule has 0 aliphatic carbocycles. The number of aliphatic carboxylic acids is 1. The molecule has 1 N–H and O–H groups in total. The van der Waals surface area contributed by atoms with E-state index in [1.807, 2.05) is 18.7 Å². The van der Waals surface area contributed by atoms with Gasteiger partial charge in [-0.15, -0.1) is 0 Å². The zero-order chi connectivity index (χ0) is 17.4. The lowest BCUT2D eigenvalue weighted by molar-refractivity contribution is -0.142. The van der Waals surface area contributed by atoms with Gasteiger partial charge in [0, 0.05) is 25.3 Å². The van der Waals surface area contributed by atoms with E-state index < -0.39 is 23.8 Å². The fourth-order valence-corrected chi connectivity index (χ4v) is 2.91. The van der Waals surface area contributed by atoms with Crippen LogP contribution < -0.4 is 0 Å². The molecule has 1 aliphatic heterocycles. The fourth-order valence-electron chi connectivity index (χ4n) is 2.91. The summed E-state index contributed by atoms with van der Waals surface area (Å²) < 4.78 is 40.2. The molecule has 0 bridgehead atoms. The number of hydrogen-bond acceptors (Lipinski definition) is 3. The second-order valence-electron chi connectivity index (χ2n) is 6.49. The molecule has 2 heterocycles. The summed E-state index contributed by atoms with van der Waals surface area (Å²) in [6, 6.07) is 0.970. The van der Waals surface area contributed by atoms with Crippen molar-refractivity contribution >= 4 is 5.97 Å². The number of carboxylic acid groups (broad SMARTS) is 1. The largest absolute Gasteiger partial charge is 0.481 e. The van der Waals surface area contributed by atoms with Gasteiger partial charge in [0.2, 0.25) is 0 Å². The Bertz CT molecular complexity index is 569. The zero-order valence-corrected chi connectivity index (χ0v) is 13.5. The van der Waals surface area contributed by atoms with Crippen LogP contribution in [0.15, 0.2) is 6.07 Å². The lowest BCUT2D eigenvalue weighted by Crippen LogP contribution is -2.30. The Labute approximate surface area is 133 Å². The molecule has 1 aromatic heterocycles. The average molecular weight is 333 g/mol. The number of alkyl halides is 3. The molecule has 0 spiro atoms. The summed E-state index contributed by atoms with van der Waals surface area (Å²) in [4.78, 5) is 12.9. The van der Waals surface area contributed by atoms with Crippen molar-refractivity contribution in [3.63, 3.8) is 0 Å². The molecule has 5 nitrogen and oxygen atoms in total. The van der Waals surface area contributed by atoms with E-state index >= 15 is 0 Å². The molecule has 0 radical (unpaired) electrons. The third kappa shape index (κ3) is 4.04. The molecule has 1 saturated heterocycles. The first-order chi connectivity index (χ1) is 10.6. The molecule has 1 aliphatic rings. The van der Waals surface area contributed by atoms with Crippen LogP contribution in [0.5, 0.6) is 0 Å². The van der Waals surface area contributed by atoms with Crippen LogP contribution in [0.25, 0.3) is 0 Å². The van der Waals surface area contributed by atoms with Crippen molar-refractivity contribution in [2.24, 2.45) is 5.92 Å². The maximum absolute atomic E-state index is 12.9. The zero-order valence-electron chi connectivity index (χ0n) is 13.5. The van der Waals surface area contributed by atoms with Crippen molar-refractivity contribution in [1.29, 1.82) is 0 Å². The molecule has 0 aromatic carbocycles. The molecule has 1 fully saturated rings. The summed E-state index contributed by atoms with van der Waals surface area (Å²) >= 11 is 0. The van der Waals surface area contributed by atoms with E-state index in [-0.39, 0.29) is 12.0 Å². The van der Waals surface area contributed by atoms with Gasteiger partial charge in [-0.1, -0.05) is 20.8 Å². The van der Waals surface area contributed by atoms with E-state index in [9.17, 15) is 18.0 Å². The van der Waals surface area contributed by atoms with Crippen LogP contribution in [0.4, 0.5) is 13.2 Å². The Morgan fingerprint density at radius 2 is 2.09 bits per heavy atom. The highest BCUT2D eigenvalue weighted by Crippen LogP contribution is 2.33. The van der Waals surface area contributed by atoms with Gasteiger partial charge in [0.25, 0.3) is 0 Å². The summed E-state index contributed by atoms with van der Waals surface area (Å²) in [5, 5.41) is 12.7. The first kappa shape index (κ1) is 17.8. The Morgan fingerprint density at radius 3 is 2.61 bits per heavy atom. The molecule has 0 saturated carbocycles. The third-order valence-electron chi connectivity index (χ3n) is 4.19. The monoisotopic (exact) mass is 333 g/mol. The molecule has 1 aromatic rings. The number of hydrogen-bond donors (Lipinski definition) is 1. The number of halogens is 3. The third-order valence-corrected chi connectivity index (χ3v) is 4.19. The minimum Gasteiger partial charge on any atom is -0.481 e. The van der Waals surface area contributed by atoms with E-state index in [2.05, 4.69) is 5.10 Å². The smallest absolute Gasteiger partial charge is 0.435 e. The molecule has 130 valence electrons. The van der Waals surface area contributed by atoms with Crippen LogP contribution in [0.2, 0.25) is 0 Å². The number of nitrogens with zero attached hydrogens (tertiary/aromatic N) is 3. The second-order valence-corrected chi connectivity index (χ2v) is 6.49. The van der Waals surface area contributed by atoms with E-state index in [4.69, 9.17) is 5.11 Å². The summed E-state index contributed by atoms with van der Waals surface area (Å²) in [6.07, 6.45) is -3.78. The predicted octanol–water partition coefficient (Wildman–Crippen LogP) is 2.99. The SMILES string of the molecule is CC(CN1CCC(n2nc(C(F)(F)F)cc2C(C)C)C1)C(=O)O. The van der Waals surface area contributed by atoms with Gasteiger partial charge >= 0.3 is 12.1 Å². The van der Waals surface area contributed by atoms with Crippen LogP contribution >= 0.6 is 0 Å². The number of carboxylic acids is 1. The quantitative estimate of drug-likeness (QED) is 0.900. The molecule has 2 atom stereocenters. The second kappa shape index (κ2) is 6.51. The normalized spacial score (nSPS) is 21.1. The van der Waals surface area contributed by atoms with Crippen LogP contribution in [-0.2, 0) is 11.0 Å². The van der Waals surface area contributed by atoms with Gasteiger partial charge in [-0.3, -0.25) is 9.48 Å². The fraction of sp³-hybridized carbons (Fsp3) is 0.733. The van der Waals surface area contributed by atoms with Gasteiger partial charge in [-0.2, -0.15) is 18.3 Å². The average Bonchev–Trinajstić information content (AvgIpc) is 3.02. The summed E-state index contributed by atoms with van der Waals surface area (Å²) in [7, 11) is 0. The van der Waals surface area contributed by atoms with Crippen molar-refractivity contribution in [3.05, 3.63) is 17.5 Å². The first-order valence-electron chi connectivity index (χ1n) is 7.71. The number of likely N-dealkylation sites (tertiary alicyclic amines) is 1. The van der Waals surface area contributed by atoms with Gasteiger partial charge in [-0.25, -0.2) is 0 Å². The number of aromatic nitrogens is 2. The van der Waals surface area contributed by atoms with Crippen LogP contribution in [0.3, 0.4) is 0 Å². The van der Waals surface area contributed by atoms with E-state index in [1.54, 1.807) is 6.92 Å². The molecular weight excluding hydrogens is 311 g/mol. The van der Waals surface area contributed by atoms with Crippen LogP contribution in [-0.4, -0.2) is 45.4 Å². The lowest BCUT2D eigenvalue weighted by Gasteiger charge is -2.20. The van der Waals surface area contributed by atoms with Crippen molar-refractivity contribution in [3.8, 4) is 0 Å². The van der Waals surface area contributed by atoms with E-state index in [1.165, 1.54) is 4.68 Å². The Kier molecular flexibility index (Phi) is 5.03. The van der Waals surface area contributed by atoms with Gasteiger partial charge in [0.1, 0.15) is 0 Å². The molecule has 8 heteroatoms. The van der Waals surface area contributed by atoms with Gasteiger partial charge in [-0.05, 0) is 18.4 Å². The Balaban J connectivity index is 2.16. The van der Waals surface area contributed by atoms with Crippen LogP contribution in [0, 0.1) is 5.92 Å². The number of carbonyl (C=O) groups is 1. The summed E-state index contributed by atoms with van der Waals surface area (Å²) in [6.45, 7) is 6.90. The molecule has 23 heavy (non-hydrogen) atoms. The lowest BCUT2D eigenvalue weighted by atomic mass is 10.1. The van der Waals surface area contributed by atoms with Crippen molar-refractivity contribution < 1.29 is 23.1 Å². The Hall–Kier alpha value is -1.57. The maximum atomic E-state index is 12.9. The topological polar surface area (TPSA) is 58.4 Å². The molecule has 2 rings (SSSR count). The van der Waals surface area contributed by atoms with Crippen molar-refractivity contribution in [1.82, 2.24) is 14.7 Å². The highest BCUT2D eigenvalue weighted by atomic mass is 19.4. The molecule has 2 unspecified atom stereocenters. The van der Waals surface area contributed by atoms with Crippen LogP contribution in [0.1, 0.15) is 50.5 Å². The summed E-state index contributed by atoms with van der Waals surface area (Å²) in [5.41, 5.74) is -0.297. The minimum absolute atomic E-state index is 0.0643. The van der Waals surface area contributed by atoms with E-state index in [0.717, 1.165) is 6.07 Å². The maximum Gasteiger partial charge on any atom is 0.435 e. The van der Waals surface area contributed by atoms with Gasteiger partial charge in [0.15, 0.2) is 5.69 Å². The standard InChI is InChI=1S/C15H22F3N3O2/c1-9(2)12-6-13(15(16,17)18)19-21(12)11-4-5-20(8-11)7-10(3)14(22)23/h6,9-11H,4-5,7-8H2,1-3H3,(H,22,23). The van der Waals surface area contributed by atoms with Crippen molar-refractivity contribution in [2.75, 3.05) is 19.6 Å². The van der Waals surface area contributed by atoms with Gasteiger partial charge in [0.05, 0.1) is 12.0 Å². The predicted molar refractivity (Wildman–Crippen MR) is 78.2 cm³/mol.